The van der Waals surface area contributed by atoms with Crippen molar-refractivity contribution in [3.8, 4) is 0 Å². The highest BCUT2D eigenvalue weighted by atomic mass is 32.2. The minimum atomic E-state index is 0.196. The van der Waals surface area contributed by atoms with Gasteiger partial charge in [-0.05, 0) is 24.6 Å². The van der Waals surface area contributed by atoms with Crippen LogP contribution in [0.4, 0.5) is 11.6 Å². The van der Waals surface area contributed by atoms with Crippen molar-refractivity contribution in [2.45, 2.75) is 23.5 Å². The Morgan fingerprint density at radius 2 is 1.81 bits per heavy atom. The van der Waals surface area contributed by atoms with Crippen molar-refractivity contribution in [2.24, 2.45) is 0 Å². The predicted octanol–water partition coefficient (Wildman–Crippen LogP) is 2.52. The molecule has 1 amide bonds. The van der Waals surface area contributed by atoms with E-state index in [1.165, 1.54) is 4.90 Å². The molecule has 1 fully saturated rings. The van der Waals surface area contributed by atoms with E-state index in [0.717, 1.165) is 50.8 Å². The average molecular weight is 384 g/mol. The molecule has 1 saturated heterocycles. The lowest BCUT2D eigenvalue weighted by molar-refractivity contribution is -0.119. The molecule has 6 nitrogen and oxygen atoms in total. The molecule has 4 rings (SSSR count). The molecule has 1 unspecified atom stereocenters. The molecular formula is C20H25N5OS. The van der Waals surface area contributed by atoms with E-state index in [0.29, 0.717) is 11.8 Å². The second-order valence-electron chi connectivity index (χ2n) is 7.04. The van der Waals surface area contributed by atoms with Crippen molar-refractivity contribution in [2.75, 3.05) is 49.1 Å². The molecule has 1 atom stereocenters. The molecule has 0 saturated carbocycles. The Balaban J connectivity index is 1.39. The molecule has 0 spiro atoms. The monoisotopic (exact) mass is 383 g/mol. The number of hydrogen-bond acceptors (Lipinski definition) is 6. The topological polar surface area (TPSA) is 52.6 Å². The van der Waals surface area contributed by atoms with Gasteiger partial charge >= 0.3 is 0 Å². The van der Waals surface area contributed by atoms with Gasteiger partial charge in [0.2, 0.25) is 11.9 Å². The van der Waals surface area contributed by atoms with Gasteiger partial charge in [-0.15, -0.1) is 11.8 Å². The highest BCUT2D eigenvalue weighted by molar-refractivity contribution is 8.00. The van der Waals surface area contributed by atoms with Crippen LogP contribution in [0.5, 0.6) is 0 Å². The average Bonchev–Trinajstić information content (AvgIpc) is 2.87. The number of amides is 1. The van der Waals surface area contributed by atoms with Crippen LogP contribution in [0.1, 0.15) is 13.3 Å². The maximum absolute atomic E-state index is 13.1. The third-order valence-electron chi connectivity index (χ3n) is 5.11. The second-order valence-corrected chi connectivity index (χ2v) is 8.52. The number of nitrogens with zero attached hydrogens (tertiary/aromatic N) is 5. The van der Waals surface area contributed by atoms with E-state index in [4.69, 9.17) is 0 Å². The van der Waals surface area contributed by atoms with Crippen molar-refractivity contribution >= 4 is 29.3 Å². The van der Waals surface area contributed by atoms with Crippen LogP contribution in [0, 0.1) is 0 Å². The summed E-state index contributed by atoms with van der Waals surface area (Å²) in [4.78, 5) is 29.3. The number of fused-ring (bicyclic) bond motifs is 1. The van der Waals surface area contributed by atoms with Crippen LogP contribution >= 0.6 is 11.8 Å². The fourth-order valence-corrected chi connectivity index (χ4v) is 4.70. The molecule has 3 heterocycles. The first-order valence-corrected chi connectivity index (χ1v) is 10.4. The van der Waals surface area contributed by atoms with Crippen LogP contribution in [-0.2, 0) is 4.79 Å². The van der Waals surface area contributed by atoms with Crippen LogP contribution < -0.4 is 9.80 Å². The minimum absolute atomic E-state index is 0.196. The van der Waals surface area contributed by atoms with Gasteiger partial charge in [0.15, 0.2) is 0 Å². The van der Waals surface area contributed by atoms with Crippen LogP contribution in [0.3, 0.4) is 0 Å². The molecule has 0 bridgehead atoms. The number of para-hydroxylation sites is 1. The van der Waals surface area contributed by atoms with Crippen LogP contribution in [0.2, 0.25) is 0 Å². The summed E-state index contributed by atoms with van der Waals surface area (Å²) in [5.41, 5.74) is 1.06. The zero-order valence-corrected chi connectivity index (χ0v) is 16.4. The van der Waals surface area contributed by atoms with Crippen molar-refractivity contribution in [1.29, 1.82) is 0 Å². The van der Waals surface area contributed by atoms with Crippen LogP contribution in [0.15, 0.2) is 47.6 Å². The first-order valence-electron chi connectivity index (χ1n) is 9.51. The molecule has 2 aliphatic rings. The number of carbonyl (C=O) groups is 1. The molecule has 0 aliphatic carbocycles. The summed E-state index contributed by atoms with van der Waals surface area (Å²) in [5.74, 6) is 0.970. The third-order valence-corrected chi connectivity index (χ3v) is 6.35. The number of carbonyl (C=O) groups excluding carboxylic acids is 1. The lowest BCUT2D eigenvalue weighted by atomic mass is 10.2. The highest BCUT2D eigenvalue weighted by Gasteiger charge is 2.27. The maximum Gasteiger partial charge on any atom is 0.241 e. The first-order chi connectivity index (χ1) is 13.2. The molecule has 2 aromatic rings. The maximum atomic E-state index is 13.1. The normalized spacial score (nSPS) is 20.9. The Bertz CT molecular complexity index is 779. The van der Waals surface area contributed by atoms with E-state index < -0.39 is 0 Å². The van der Waals surface area contributed by atoms with Gasteiger partial charge in [-0.2, -0.15) is 0 Å². The van der Waals surface area contributed by atoms with Gasteiger partial charge in [0.1, 0.15) is 0 Å². The number of thioether (sulfide) groups is 1. The molecule has 7 heteroatoms. The summed E-state index contributed by atoms with van der Waals surface area (Å²) in [6.07, 6.45) is 4.56. The number of benzene rings is 1. The fraction of sp³-hybridized carbons (Fsp3) is 0.450. The summed E-state index contributed by atoms with van der Waals surface area (Å²) in [5, 5.41) is 0.526. The molecule has 1 aromatic heterocycles. The largest absolute Gasteiger partial charge is 0.338 e. The van der Waals surface area contributed by atoms with Crippen LogP contribution in [0.25, 0.3) is 0 Å². The molecular weight excluding hydrogens is 358 g/mol. The minimum Gasteiger partial charge on any atom is -0.338 e. The van der Waals surface area contributed by atoms with E-state index in [2.05, 4.69) is 44.9 Å². The van der Waals surface area contributed by atoms with E-state index in [9.17, 15) is 4.79 Å². The van der Waals surface area contributed by atoms with E-state index in [-0.39, 0.29) is 5.91 Å². The van der Waals surface area contributed by atoms with Gasteiger partial charge in [-0.1, -0.05) is 19.1 Å². The zero-order valence-electron chi connectivity index (χ0n) is 15.6. The fourth-order valence-electron chi connectivity index (χ4n) is 3.58. The SMILES string of the molecule is CC1CCN(C(=O)CN2CCN(c3ncccn3)CC2)c2ccccc2S1. The van der Waals surface area contributed by atoms with Gasteiger partial charge in [-0.25, -0.2) is 9.97 Å². The van der Waals surface area contributed by atoms with E-state index >= 15 is 0 Å². The van der Waals surface area contributed by atoms with Gasteiger partial charge in [0.05, 0.1) is 12.2 Å². The van der Waals surface area contributed by atoms with Gasteiger partial charge in [-0.3, -0.25) is 9.69 Å². The lowest BCUT2D eigenvalue weighted by Gasteiger charge is -2.35. The summed E-state index contributed by atoms with van der Waals surface area (Å²) in [7, 11) is 0. The summed E-state index contributed by atoms with van der Waals surface area (Å²) in [6.45, 7) is 6.90. The zero-order chi connectivity index (χ0) is 18.6. The molecule has 1 aromatic carbocycles. The first kappa shape index (κ1) is 18.3. The summed E-state index contributed by atoms with van der Waals surface area (Å²) < 4.78 is 0. The van der Waals surface area contributed by atoms with Crippen LogP contribution in [-0.4, -0.2) is 65.3 Å². The van der Waals surface area contributed by atoms with E-state index in [1.807, 2.05) is 28.8 Å². The molecule has 0 N–H and O–H groups in total. The molecule has 27 heavy (non-hydrogen) atoms. The third kappa shape index (κ3) is 4.25. The van der Waals surface area contributed by atoms with Gasteiger partial charge in [0, 0.05) is 55.3 Å². The summed E-state index contributed by atoms with van der Waals surface area (Å²) in [6, 6.07) is 10.1. The Kier molecular flexibility index (Phi) is 5.59. The molecule has 0 radical (unpaired) electrons. The Hall–Kier alpha value is -2.12. The number of piperazine rings is 1. The number of anilines is 2. The lowest BCUT2D eigenvalue weighted by Crippen LogP contribution is -2.50. The second kappa shape index (κ2) is 8.27. The standard InChI is InChI=1S/C20H25N5OS/c1-16-7-10-25(17-5-2-3-6-18(17)27-16)19(26)15-23-11-13-24(14-12-23)20-21-8-4-9-22-20/h2-6,8-9,16H,7,10-15H2,1H3. The number of hydrogen-bond donors (Lipinski definition) is 0. The Morgan fingerprint density at radius 1 is 1.07 bits per heavy atom. The van der Waals surface area contributed by atoms with E-state index in [1.54, 1.807) is 12.4 Å². The smallest absolute Gasteiger partial charge is 0.241 e. The van der Waals surface area contributed by atoms with Crippen molar-refractivity contribution in [1.82, 2.24) is 14.9 Å². The quantitative estimate of drug-likeness (QED) is 0.812. The van der Waals surface area contributed by atoms with Gasteiger partial charge < -0.3 is 9.80 Å². The Labute approximate surface area is 164 Å². The highest BCUT2D eigenvalue weighted by Crippen LogP contribution is 2.37. The number of aromatic nitrogens is 2. The van der Waals surface area contributed by atoms with Crippen molar-refractivity contribution < 1.29 is 4.79 Å². The molecule has 2 aliphatic heterocycles. The van der Waals surface area contributed by atoms with Crippen molar-refractivity contribution in [3.05, 3.63) is 42.7 Å². The van der Waals surface area contributed by atoms with Crippen molar-refractivity contribution in [3.63, 3.8) is 0 Å². The Morgan fingerprint density at radius 3 is 2.59 bits per heavy atom. The number of rotatable bonds is 3. The molecule has 142 valence electrons. The predicted molar refractivity (Wildman–Crippen MR) is 109 cm³/mol. The summed E-state index contributed by atoms with van der Waals surface area (Å²) >= 11 is 1.87. The van der Waals surface area contributed by atoms with Gasteiger partial charge in [0.25, 0.3) is 0 Å².